The molecule has 0 spiro atoms. The Balaban J connectivity index is 1.70. The molecule has 4 aliphatic carbocycles. The van der Waals surface area contributed by atoms with Crippen molar-refractivity contribution in [3.8, 4) is 5.75 Å². The molecule has 4 fully saturated rings. The maximum absolute atomic E-state index is 13.0. The maximum Gasteiger partial charge on any atom is 0.312 e. The second-order valence-electron chi connectivity index (χ2n) is 11.1. The number of phenols is 1. The van der Waals surface area contributed by atoms with E-state index in [0.717, 1.165) is 50.5 Å². The highest BCUT2D eigenvalue weighted by atomic mass is 16.6. The van der Waals surface area contributed by atoms with Crippen LogP contribution in [0.2, 0.25) is 0 Å². The number of hydrogen-bond acceptors (Lipinski definition) is 3. The average Bonchev–Trinajstić information content (AvgIpc) is 2.66. The summed E-state index contributed by atoms with van der Waals surface area (Å²) in [7, 11) is 0. The molecular formula is C26H38O3. The molecule has 29 heavy (non-hydrogen) atoms. The van der Waals surface area contributed by atoms with Crippen LogP contribution in [0.25, 0.3) is 0 Å². The van der Waals surface area contributed by atoms with E-state index in [2.05, 4.69) is 32.9 Å². The second kappa shape index (κ2) is 7.03. The number of aromatic hydroxyl groups is 1. The van der Waals surface area contributed by atoms with Crippen molar-refractivity contribution in [2.45, 2.75) is 103 Å². The van der Waals surface area contributed by atoms with Crippen molar-refractivity contribution in [3.05, 3.63) is 29.3 Å². The molecule has 160 valence electrons. The third-order valence-electron chi connectivity index (χ3n) is 8.53. The van der Waals surface area contributed by atoms with Crippen molar-refractivity contribution in [1.29, 1.82) is 0 Å². The summed E-state index contributed by atoms with van der Waals surface area (Å²) in [5, 5.41) is 10.9. The molecule has 0 aliphatic heterocycles. The Bertz CT molecular complexity index is 779. The zero-order valence-corrected chi connectivity index (χ0v) is 18.9. The normalized spacial score (nSPS) is 34.2. The number of hydrogen-bond donors (Lipinski definition) is 1. The summed E-state index contributed by atoms with van der Waals surface area (Å²) in [6.07, 6.45) is 8.26. The van der Waals surface area contributed by atoms with Gasteiger partial charge in [0.2, 0.25) is 0 Å². The molecule has 0 aromatic heterocycles. The van der Waals surface area contributed by atoms with Crippen LogP contribution in [0, 0.1) is 17.3 Å². The van der Waals surface area contributed by atoms with Crippen molar-refractivity contribution in [2.24, 2.45) is 17.3 Å². The van der Waals surface area contributed by atoms with E-state index in [0.29, 0.717) is 23.5 Å². The van der Waals surface area contributed by atoms with E-state index in [4.69, 9.17) is 4.74 Å². The van der Waals surface area contributed by atoms with Gasteiger partial charge in [-0.2, -0.15) is 0 Å². The quantitative estimate of drug-likeness (QED) is 0.558. The lowest BCUT2D eigenvalue weighted by atomic mass is 9.46. The van der Waals surface area contributed by atoms with Crippen LogP contribution in [0.1, 0.15) is 103 Å². The van der Waals surface area contributed by atoms with E-state index >= 15 is 0 Å². The van der Waals surface area contributed by atoms with E-state index in [1.165, 1.54) is 12.0 Å². The maximum atomic E-state index is 13.0. The third kappa shape index (κ3) is 3.49. The summed E-state index contributed by atoms with van der Waals surface area (Å²) in [5.74, 6) is 2.06. The van der Waals surface area contributed by atoms with Gasteiger partial charge in [-0.1, -0.05) is 32.9 Å². The van der Waals surface area contributed by atoms with Crippen molar-refractivity contribution in [3.63, 3.8) is 0 Å². The Morgan fingerprint density at radius 1 is 1.21 bits per heavy atom. The summed E-state index contributed by atoms with van der Waals surface area (Å²) in [6.45, 7) is 10.5. The number of carbonyl (C=O) groups excluding carboxylic acids is 1. The predicted octanol–water partition coefficient (Wildman–Crippen LogP) is 6.48. The van der Waals surface area contributed by atoms with Gasteiger partial charge >= 0.3 is 5.97 Å². The van der Waals surface area contributed by atoms with E-state index < -0.39 is 5.41 Å². The molecular weight excluding hydrogens is 360 g/mol. The van der Waals surface area contributed by atoms with Crippen LogP contribution in [0.5, 0.6) is 5.75 Å². The molecule has 0 saturated heterocycles. The van der Waals surface area contributed by atoms with Gasteiger partial charge in [0.05, 0.1) is 5.41 Å². The van der Waals surface area contributed by atoms with Gasteiger partial charge in [0.25, 0.3) is 0 Å². The predicted molar refractivity (Wildman–Crippen MR) is 116 cm³/mol. The van der Waals surface area contributed by atoms with E-state index in [1.54, 1.807) is 0 Å². The van der Waals surface area contributed by atoms with Crippen molar-refractivity contribution in [1.82, 2.24) is 0 Å². The number of ether oxygens (including phenoxy) is 1. The van der Waals surface area contributed by atoms with Gasteiger partial charge in [-0.05, 0) is 94.6 Å². The molecule has 4 bridgehead atoms. The molecule has 0 radical (unpaired) electrons. The fourth-order valence-corrected chi connectivity index (χ4v) is 6.61. The highest BCUT2D eigenvalue weighted by Crippen LogP contribution is 2.64. The van der Waals surface area contributed by atoms with Crippen LogP contribution in [0.4, 0.5) is 0 Å². The summed E-state index contributed by atoms with van der Waals surface area (Å²) >= 11 is 0. The Hall–Kier alpha value is -1.51. The highest BCUT2D eigenvalue weighted by Gasteiger charge is 2.61. The molecule has 3 atom stereocenters. The Morgan fingerprint density at radius 2 is 1.86 bits per heavy atom. The van der Waals surface area contributed by atoms with Gasteiger partial charge in [0.15, 0.2) is 0 Å². The molecule has 0 heterocycles. The molecule has 4 saturated carbocycles. The molecule has 3 unspecified atom stereocenters. The lowest BCUT2D eigenvalue weighted by Crippen LogP contribution is -2.59. The molecule has 1 N–H and O–H groups in total. The Kier molecular flexibility index (Phi) is 5.03. The second-order valence-corrected chi connectivity index (χ2v) is 11.1. The monoisotopic (exact) mass is 398 g/mol. The fourth-order valence-electron chi connectivity index (χ4n) is 6.61. The van der Waals surface area contributed by atoms with E-state index in [1.807, 2.05) is 19.9 Å². The minimum absolute atomic E-state index is 0.0466. The van der Waals surface area contributed by atoms with Crippen molar-refractivity contribution < 1.29 is 14.6 Å². The first-order valence-corrected chi connectivity index (χ1v) is 11.7. The van der Waals surface area contributed by atoms with Gasteiger partial charge in [-0.25, -0.2) is 0 Å². The molecule has 4 aliphatic rings. The van der Waals surface area contributed by atoms with E-state index in [9.17, 15) is 9.90 Å². The largest absolute Gasteiger partial charge is 0.508 e. The van der Waals surface area contributed by atoms with Crippen LogP contribution in [-0.2, 0) is 14.9 Å². The van der Waals surface area contributed by atoms with Crippen LogP contribution in [0.15, 0.2) is 18.2 Å². The first-order chi connectivity index (χ1) is 13.6. The van der Waals surface area contributed by atoms with Gasteiger partial charge in [0.1, 0.15) is 11.4 Å². The first kappa shape index (κ1) is 20.8. The SMILES string of the molecule is CCC(C)c1ccc(O)c(C23CC4CC(CC(OC(=O)C(C)(C)CC)(C4)C2)C3)c1. The van der Waals surface area contributed by atoms with Gasteiger partial charge in [-0.3, -0.25) is 4.79 Å². The van der Waals surface area contributed by atoms with Gasteiger partial charge in [0, 0.05) is 11.0 Å². The highest BCUT2D eigenvalue weighted by molar-refractivity contribution is 5.76. The smallest absolute Gasteiger partial charge is 0.312 e. The fraction of sp³-hybridized carbons (Fsp3) is 0.731. The first-order valence-electron chi connectivity index (χ1n) is 11.7. The lowest BCUT2D eigenvalue weighted by Gasteiger charge is -2.61. The number of esters is 1. The number of carbonyl (C=O) groups is 1. The zero-order valence-electron chi connectivity index (χ0n) is 18.9. The molecule has 3 heteroatoms. The minimum atomic E-state index is -0.435. The van der Waals surface area contributed by atoms with Crippen molar-refractivity contribution >= 4 is 5.97 Å². The average molecular weight is 399 g/mol. The summed E-state index contributed by atoms with van der Waals surface area (Å²) in [4.78, 5) is 13.0. The minimum Gasteiger partial charge on any atom is -0.508 e. The lowest BCUT2D eigenvalue weighted by molar-refractivity contribution is -0.199. The summed E-state index contributed by atoms with van der Waals surface area (Å²) < 4.78 is 6.37. The molecule has 5 rings (SSSR count). The van der Waals surface area contributed by atoms with Crippen LogP contribution in [0.3, 0.4) is 0 Å². The molecule has 1 aromatic rings. The number of phenolic OH excluding ortho intramolecular Hbond substituents is 1. The summed E-state index contributed by atoms with van der Waals surface area (Å²) in [6, 6.07) is 6.24. The van der Waals surface area contributed by atoms with Gasteiger partial charge < -0.3 is 9.84 Å². The van der Waals surface area contributed by atoms with Gasteiger partial charge in [-0.15, -0.1) is 0 Å². The standard InChI is InChI=1S/C26H38O3/c1-6-17(3)20-8-9-22(27)21(11-20)25-12-18-10-19(13-25)15-26(14-18,16-25)29-23(28)24(4,5)7-2/h8-9,11,17-19,27H,6-7,10,12-16H2,1-5H3. The van der Waals surface area contributed by atoms with Crippen LogP contribution in [-0.4, -0.2) is 16.7 Å². The number of rotatable bonds is 6. The molecule has 1 aromatic carbocycles. The topological polar surface area (TPSA) is 46.5 Å². The Labute approximate surface area is 176 Å². The Morgan fingerprint density at radius 3 is 2.45 bits per heavy atom. The van der Waals surface area contributed by atoms with Crippen molar-refractivity contribution in [2.75, 3.05) is 0 Å². The third-order valence-corrected chi connectivity index (χ3v) is 8.53. The zero-order chi connectivity index (χ0) is 21.0. The van der Waals surface area contributed by atoms with Crippen LogP contribution >= 0.6 is 0 Å². The molecule has 3 nitrogen and oxygen atoms in total. The molecule has 0 amide bonds. The van der Waals surface area contributed by atoms with E-state index in [-0.39, 0.29) is 17.0 Å². The summed E-state index contributed by atoms with van der Waals surface area (Å²) in [5.41, 5.74) is 1.60. The van der Waals surface area contributed by atoms with Crippen LogP contribution < -0.4 is 0 Å². The number of benzene rings is 1.